The van der Waals surface area contributed by atoms with Crippen LogP contribution in [0.25, 0.3) is 0 Å². The van der Waals surface area contributed by atoms with Crippen LogP contribution in [0, 0.1) is 0 Å². The molecule has 0 fully saturated rings. The molecule has 0 saturated heterocycles. The minimum atomic E-state index is -1.21. The number of aromatic hydroxyl groups is 3. The quantitative estimate of drug-likeness (QED) is 0.392. The van der Waals surface area contributed by atoms with Gasteiger partial charge in [-0.05, 0) is 42.2 Å². The second kappa shape index (κ2) is 8.75. The fourth-order valence-electron chi connectivity index (χ4n) is 2.89. The van der Waals surface area contributed by atoms with E-state index in [1.807, 2.05) is 0 Å². The van der Waals surface area contributed by atoms with Crippen LogP contribution >= 0.6 is 0 Å². The molecule has 0 aliphatic heterocycles. The molecule has 26 heavy (non-hydrogen) atoms. The van der Waals surface area contributed by atoms with Gasteiger partial charge in [0, 0.05) is 18.1 Å². The van der Waals surface area contributed by atoms with E-state index in [0.717, 1.165) is 0 Å². The maximum absolute atomic E-state index is 10.7. The van der Waals surface area contributed by atoms with Gasteiger partial charge >= 0.3 is 0 Å². The minimum absolute atomic E-state index is 0.0175. The highest BCUT2D eigenvalue weighted by Gasteiger charge is 2.27. The molecule has 7 heteroatoms. The van der Waals surface area contributed by atoms with Crippen LogP contribution in [0.2, 0.25) is 0 Å². The first-order valence-corrected chi connectivity index (χ1v) is 8.24. The molecule has 0 spiro atoms. The zero-order valence-corrected chi connectivity index (χ0v) is 14.5. The Bertz CT molecular complexity index is 745. The van der Waals surface area contributed by atoms with Gasteiger partial charge in [-0.25, -0.2) is 0 Å². The smallest absolute Gasteiger partial charge is 0.161 e. The van der Waals surface area contributed by atoms with Gasteiger partial charge in [-0.1, -0.05) is 12.1 Å². The molecule has 2 rings (SSSR count). The molecule has 0 amide bonds. The van der Waals surface area contributed by atoms with Crippen LogP contribution in [0.1, 0.15) is 35.1 Å². The third kappa shape index (κ3) is 4.19. The summed E-state index contributed by atoms with van der Waals surface area (Å²) >= 11 is 0. The monoisotopic (exact) mass is 364 g/mol. The number of rotatable bonds is 8. The van der Waals surface area contributed by atoms with Gasteiger partial charge < -0.3 is 35.4 Å². The lowest BCUT2D eigenvalue weighted by Gasteiger charge is -2.24. The van der Waals surface area contributed by atoms with E-state index in [1.54, 1.807) is 6.07 Å². The Hall–Kier alpha value is -2.48. The zero-order chi connectivity index (χ0) is 19.3. The SMILES string of the molecule is COc1cc(C(O)C(CO)c2cc(CCCO)cc(O)c2O)ccc1O. The highest BCUT2D eigenvalue weighted by atomic mass is 16.5. The molecule has 142 valence electrons. The van der Waals surface area contributed by atoms with Crippen molar-refractivity contribution in [1.29, 1.82) is 0 Å². The van der Waals surface area contributed by atoms with Crippen molar-refractivity contribution in [3.63, 3.8) is 0 Å². The van der Waals surface area contributed by atoms with Gasteiger partial charge in [0.1, 0.15) is 0 Å². The minimum Gasteiger partial charge on any atom is -0.504 e. The van der Waals surface area contributed by atoms with Crippen molar-refractivity contribution in [2.24, 2.45) is 0 Å². The summed E-state index contributed by atoms with van der Waals surface area (Å²) in [6.45, 7) is -0.503. The van der Waals surface area contributed by atoms with Crippen molar-refractivity contribution in [1.82, 2.24) is 0 Å². The van der Waals surface area contributed by atoms with E-state index in [2.05, 4.69) is 0 Å². The number of benzene rings is 2. The summed E-state index contributed by atoms with van der Waals surface area (Å²) in [6.07, 6.45) is -0.267. The summed E-state index contributed by atoms with van der Waals surface area (Å²) in [5, 5.41) is 59.3. The Morgan fingerprint density at radius 2 is 1.73 bits per heavy atom. The van der Waals surface area contributed by atoms with Crippen molar-refractivity contribution in [2.75, 3.05) is 20.3 Å². The molecule has 0 radical (unpaired) electrons. The van der Waals surface area contributed by atoms with Crippen LogP contribution in [0.15, 0.2) is 30.3 Å². The summed E-state index contributed by atoms with van der Waals surface area (Å²) in [5.74, 6) is -1.60. The number of aliphatic hydroxyl groups is 3. The molecule has 2 aromatic rings. The summed E-state index contributed by atoms with van der Waals surface area (Å²) < 4.78 is 5.02. The number of hydrogen-bond acceptors (Lipinski definition) is 7. The van der Waals surface area contributed by atoms with E-state index in [-0.39, 0.29) is 29.4 Å². The average Bonchev–Trinajstić information content (AvgIpc) is 2.64. The predicted octanol–water partition coefficient (Wildman–Crippen LogP) is 1.55. The van der Waals surface area contributed by atoms with E-state index < -0.39 is 24.4 Å². The number of aryl methyl sites for hydroxylation is 1. The molecule has 0 saturated carbocycles. The third-order valence-electron chi connectivity index (χ3n) is 4.33. The van der Waals surface area contributed by atoms with Crippen LogP contribution in [0.5, 0.6) is 23.0 Å². The lowest BCUT2D eigenvalue weighted by Crippen LogP contribution is -2.15. The fourth-order valence-corrected chi connectivity index (χ4v) is 2.89. The standard InChI is InChI=1S/C19H24O7/c1-26-17-9-12(4-5-15(17)22)18(24)14(10-21)13-7-11(3-2-6-20)8-16(23)19(13)25/h4-5,7-9,14,18,20-25H,2-3,6,10H2,1H3. The van der Waals surface area contributed by atoms with Crippen LogP contribution in [-0.2, 0) is 6.42 Å². The molecule has 7 nitrogen and oxygen atoms in total. The zero-order valence-electron chi connectivity index (χ0n) is 14.5. The molecule has 2 aromatic carbocycles. The van der Waals surface area contributed by atoms with Gasteiger partial charge in [0.25, 0.3) is 0 Å². The van der Waals surface area contributed by atoms with E-state index >= 15 is 0 Å². The fraction of sp³-hybridized carbons (Fsp3) is 0.368. The number of aliphatic hydroxyl groups excluding tert-OH is 3. The van der Waals surface area contributed by atoms with Crippen molar-refractivity contribution in [3.05, 3.63) is 47.0 Å². The summed E-state index contributed by atoms with van der Waals surface area (Å²) in [4.78, 5) is 0. The summed E-state index contributed by atoms with van der Waals surface area (Å²) in [7, 11) is 1.38. The van der Waals surface area contributed by atoms with E-state index in [1.165, 1.54) is 31.4 Å². The van der Waals surface area contributed by atoms with Gasteiger partial charge in [-0.2, -0.15) is 0 Å². The molecule has 6 N–H and O–H groups in total. The van der Waals surface area contributed by atoms with Gasteiger partial charge in [0.05, 0.1) is 19.8 Å². The Balaban J connectivity index is 2.42. The van der Waals surface area contributed by atoms with Crippen molar-refractivity contribution >= 4 is 0 Å². The first-order valence-electron chi connectivity index (χ1n) is 8.24. The first kappa shape index (κ1) is 19.8. The van der Waals surface area contributed by atoms with Crippen LogP contribution < -0.4 is 4.74 Å². The maximum atomic E-state index is 10.7. The van der Waals surface area contributed by atoms with Crippen LogP contribution in [0.3, 0.4) is 0 Å². The third-order valence-corrected chi connectivity index (χ3v) is 4.33. The molecule has 2 unspecified atom stereocenters. The highest BCUT2D eigenvalue weighted by Crippen LogP contribution is 2.42. The Labute approximate surface area is 151 Å². The molecule has 0 aliphatic rings. The molecule has 0 aliphatic carbocycles. The highest BCUT2D eigenvalue weighted by molar-refractivity contribution is 5.51. The Morgan fingerprint density at radius 1 is 1.00 bits per heavy atom. The first-order chi connectivity index (χ1) is 12.4. The van der Waals surface area contributed by atoms with E-state index in [4.69, 9.17) is 9.84 Å². The molecule has 0 heterocycles. The van der Waals surface area contributed by atoms with E-state index in [0.29, 0.717) is 24.0 Å². The number of phenols is 3. The lowest BCUT2D eigenvalue weighted by molar-refractivity contribution is 0.105. The van der Waals surface area contributed by atoms with Crippen molar-refractivity contribution < 1.29 is 35.4 Å². The molecular formula is C19H24O7. The Kier molecular flexibility index (Phi) is 6.68. The summed E-state index contributed by atoms with van der Waals surface area (Å²) in [5.41, 5.74) is 1.23. The number of hydrogen-bond donors (Lipinski definition) is 6. The van der Waals surface area contributed by atoms with Crippen LogP contribution in [-0.4, -0.2) is 51.0 Å². The maximum Gasteiger partial charge on any atom is 0.161 e. The van der Waals surface area contributed by atoms with E-state index in [9.17, 15) is 25.5 Å². The predicted molar refractivity (Wildman–Crippen MR) is 94.6 cm³/mol. The summed E-state index contributed by atoms with van der Waals surface area (Å²) in [6, 6.07) is 7.26. The number of ether oxygens (including phenoxy) is 1. The Morgan fingerprint density at radius 3 is 2.35 bits per heavy atom. The number of phenolic OH excluding ortho intramolecular Hbond substituents is 3. The second-order valence-corrected chi connectivity index (χ2v) is 6.05. The van der Waals surface area contributed by atoms with Crippen LogP contribution in [0.4, 0.5) is 0 Å². The molecule has 0 bridgehead atoms. The second-order valence-electron chi connectivity index (χ2n) is 6.05. The topological polar surface area (TPSA) is 131 Å². The lowest BCUT2D eigenvalue weighted by atomic mass is 9.87. The molecule has 0 aromatic heterocycles. The van der Waals surface area contributed by atoms with Gasteiger partial charge in [-0.15, -0.1) is 0 Å². The van der Waals surface area contributed by atoms with Gasteiger partial charge in [-0.3, -0.25) is 0 Å². The number of methoxy groups -OCH3 is 1. The van der Waals surface area contributed by atoms with Gasteiger partial charge in [0.2, 0.25) is 0 Å². The average molecular weight is 364 g/mol. The van der Waals surface area contributed by atoms with Crippen molar-refractivity contribution in [3.8, 4) is 23.0 Å². The largest absolute Gasteiger partial charge is 0.504 e. The molecular weight excluding hydrogens is 340 g/mol. The van der Waals surface area contributed by atoms with Gasteiger partial charge in [0.15, 0.2) is 23.0 Å². The normalized spacial score (nSPS) is 13.4. The van der Waals surface area contributed by atoms with Crippen molar-refractivity contribution in [2.45, 2.75) is 24.9 Å². The molecule has 2 atom stereocenters.